The van der Waals surface area contributed by atoms with E-state index in [0.717, 1.165) is 6.54 Å². The molecular weight excluding hydrogens is 192 g/mol. The van der Waals surface area contributed by atoms with Crippen LogP contribution in [-0.2, 0) is 6.54 Å². The second-order valence-electron chi connectivity index (χ2n) is 4.16. The van der Waals surface area contributed by atoms with E-state index in [4.69, 9.17) is 5.73 Å². The topological polar surface area (TPSA) is 73.8 Å². The van der Waals surface area contributed by atoms with Crippen molar-refractivity contribution in [3.63, 3.8) is 0 Å². The molecule has 0 saturated heterocycles. The summed E-state index contributed by atoms with van der Waals surface area (Å²) in [5.74, 6) is 0.240. The quantitative estimate of drug-likeness (QED) is 0.803. The molecule has 1 amide bonds. The summed E-state index contributed by atoms with van der Waals surface area (Å²) in [7, 11) is 0. The molecule has 0 atom stereocenters. The summed E-state index contributed by atoms with van der Waals surface area (Å²) < 4.78 is 1.73. The minimum absolute atomic E-state index is 0.116. The maximum absolute atomic E-state index is 10.8. The molecule has 15 heavy (non-hydrogen) atoms. The average molecular weight is 208 g/mol. The fraction of sp³-hybridized carbons (Fsp3) is 0.700. The van der Waals surface area contributed by atoms with Gasteiger partial charge in [0.15, 0.2) is 0 Å². The Morgan fingerprint density at radius 2 is 2.20 bits per heavy atom. The van der Waals surface area contributed by atoms with Crippen LogP contribution in [0.4, 0.5) is 0 Å². The van der Waals surface area contributed by atoms with Crippen molar-refractivity contribution < 1.29 is 4.79 Å². The lowest BCUT2D eigenvalue weighted by atomic mass is 9.89. The van der Waals surface area contributed by atoms with Crippen molar-refractivity contribution in [1.82, 2.24) is 14.8 Å². The molecule has 0 aliphatic heterocycles. The van der Waals surface area contributed by atoms with Crippen molar-refractivity contribution in [3.05, 3.63) is 12.2 Å². The average Bonchev–Trinajstić information content (AvgIpc) is 2.68. The van der Waals surface area contributed by atoms with Crippen LogP contribution < -0.4 is 5.73 Å². The third kappa shape index (κ3) is 2.55. The van der Waals surface area contributed by atoms with Crippen molar-refractivity contribution in [2.75, 3.05) is 0 Å². The minimum atomic E-state index is -0.558. The summed E-state index contributed by atoms with van der Waals surface area (Å²) in [4.78, 5) is 14.6. The number of nitrogens with zero attached hydrogens (tertiary/aromatic N) is 3. The predicted octanol–water partition coefficient (Wildman–Crippen LogP) is 0.957. The van der Waals surface area contributed by atoms with Crippen LogP contribution in [0, 0.1) is 5.92 Å². The maximum atomic E-state index is 10.8. The first kappa shape index (κ1) is 10.1. The first-order valence-electron chi connectivity index (χ1n) is 5.45. The number of rotatable bonds is 3. The SMILES string of the molecule is NC(=O)c1ncn(CC2CCCCC2)n1. The zero-order chi connectivity index (χ0) is 10.7. The van der Waals surface area contributed by atoms with Gasteiger partial charge in [0.05, 0.1) is 0 Å². The molecule has 0 spiro atoms. The van der Waals surface area contributed by atoms with Gasteiger partial charge in [-0.2, -0.15) is 0 Å². The molecule has 1 heterocycles. The van der Waals surface area contributed by atoms with Gasteiger partial charge in [0.25, 0.3) is 5.91 Å². The van der Waals surface area contributed by atoms with Crippen LogP contribution in [0.25, 0.3) is 0 Å². The van der Waals surface area contributed by atoms with E-state index in [1.54, 1.807) is 11.0 Å². The summed E-state index contributed by atoms with van der Waals surface area (Å²) in [6.45, 7) is 0.861. The summed E-state index contributed by atoms with van der Waals surface area (Å²) in [6.07, 6.45) is 8.07. The van der Waals surface area contributed by atoms with E-state index in [-0.39, 0.29) is 5.82 Å². The lowest BCUT2D eigenvalue weighted by molar-refractivity contribution is 0.0990. The normalized spacial score (nSPS) is 17.9. The monoisotopic (exact) mass is 208 g/mol. The van der Waals surface area contributed by atoms with Gasteiger partial charge in [0, 0.05) is 6.54 Å². The van der Waals surface area contributed by atoms with E-state index in [2.05, 4.69) is 10.1 Å². The number of carbonyl (C=O) groups excluding carboxylic acids is 1. The zero-order valence-electron chi connectivity index (χ0n) is 8.72. The molecule has 2 N–H and O–H groups in total. The van der Waals surface area contributed by atoms with Gasteiger partial charge < -0.3 is 5.73 Å². The molecule has 1 aromatic heterocycles. The molecule has 0 aromatic carbocycles. The van der Waals surface area contributed by atoms with Crippen LogP contribution in [0.15, 0.2) is 6.33 Å². The Hall–Kier alpha value is -1.39. The van der Waals surface area contributed by atoms with Gasteiger partial charge in [-0.3, -0.25) is 9.48 Å². The van der Waals surface area contributed by atoms with Crippen LogP contribution in [0.3, 0.4) is 0 Å². The molecule has 1 fully saturated rings. The summed E-state index contributed by atoms with van der Waals surface area (Å²) in [6, 6.07) is 0. The third-order valence-electron chi connectivity index (χ3n) is 2.93. The smallest absolute Gasteiger partial charge is 0.288 e. The second kappa shape index (κ2) is 4.42. The lowest BCUT2D eigenvalue weighted by Crippen LogP contribution is -2.16. The molecule has 0 radical (unpaired) electrons. The highest BCUT2D eigenvalue weighted by atomic mass is 16.1. The Labute approximate surface area is 88.7 Å². The largest absolute Gasteiger partial charge is 0.363 e. The minimum Gasteiger partial charge on any atom is -0.363 e. The molecule has 1 aromatic rings. The van der Waals surface area contributed by atoms with Crippen LogP contribution in [0.1, 0.15) is 42.7 Å². The first-order valence-corrected chi connectivity index (χ1v) is 5.45. The van der Waals surface area contributed by atoms with E-state index in [0.29, 0.717) is 5.92 Å². The molecule has 5 nitrogen and oxygen atoms in total. The van der Waals surface area contributed by atoms with Crippen molar-refractivity contribution in [3.8, 4) is 0 Å². The van der Waals surface area contributed by atoms with Crippen molar-refractivity contribution in [2.45, 2.75) is 38.6 Å². The van der Waals surface area contributed by atoms with Crippen LogP contribution in [0.2, 0.25) is 0 Å². The van der Waals surface area contributed by atoms with E-state index in [1.165, 1.54) is 32.1 Å². The van der Waals surface area contributed by atoms with Gasteiger partial charge in [0.1, 0.15) is 6.33 Å². The van der Waals surface area contributed by atoms with Crippen LogP contribution in [0.5, 0.6) is 0 Å². The molecule has 1 saturated carbocycles. The van der Waals surface area contributed by atoms with E-state index < -0.39 is 5.91 Å². The Bertz CT molecular complexity index is 341. The number of aromatic nitrogens is 3. The first-order chi connectivity index (χ1) is 7.25. The molecular formula is C10H16N4O. The third-order valence-corrected chi connectivity index (χ3v) is 2.93. The van der Waals surface area contributed by atoms with Gasteiger partial charge in [-0.15, -0.1) is 5.10 Å². The number of amides is 1. The molecule has 5 heteroatoms. The predicted molar refractivity (Wildman–Crippen MR) is 55.1 cm³/mol. The molecule has 0 bridgehead atoms. The highest BCUT2D eigenvalue weighted by Crippen LogP contribution is 2.24. The standard InChI is InChI=1S/C10H16N4O/c11-9(15)10-12-7-14(13-10)6-8-4-2-1-3-5-8/h7-8H,1-6H2,(H2,11,15). The Morgan fingerprint density at radius 1 is 1.47 bits per heavy atom. The van der Waals surface area contributed by atoms with Crippen molar-refractivity contribution >= 4 is 5.91 Å². The van der Waals surface area contributed by atoms with Gasteiger partial charge in [-0.05, 0) is 18.8 Å². The Morgan fingerprint density at radius 3 is 2.80 bits per heavy atom. The summed E-state index contributed by atoms with van der Waals surface area (Å²) in [5.41, 5.74) is 5.08. The summed E-state index contributed by atoms with van der Waals surface area (Å²) in [5, 5.41) is 4.03. The van der Waals surface area contributed by atoms with Gasteiger partial charge in [-0.1, -0.05) is 19.3 Å². The molecule has 1 aliphatic rings. The zero-order valence-corrected chi connectivity index (χ0v) is 8.72. The van der Waals surface area contributed by atoms with E-state index >= 15 is 0 Å². The Kier molecular flexibility index (Phi) is 2.99. The van der Waals surface area contributed by atoms with Gasteiger partial charge in [0.2, 0.25) is 5.82 Å². The van der Waals surface area contributed by atoms with E-state index in [9.17, 15) is 4.79 Å². The highest BCUT2D eigenvalue weighted by molar-refractivity contribution is 5.88. The van der Waals surface area contributed by atoms with Crippen LogP contribution >= 0.6 is 0 Å². The highest BCUT2D eigenvalue weighted by Gasteiger charge is 2.15. The molecule has 1 aliphatic carbocycles. The second-order valence-corrected chi connectivity index (χ2v) is 4.16. The molecule has 82 valence electrons. The van der Waals surface area contributed by atoms with Gasteiger partial charge >= 0.3 is 0 Å². The lowest BCUT2D eigenvalue weighted by Gasteiger charge is -2.20. The number of nitrogens with two attached hydrogens (primary N) is 1. The van der Waals surface area contributed by atoms with E-state index in [1.807, 2.05) is 0 Å². The summed E-state index contributed by atoms with van der Waals surface area (Å²) >= 11 is 0. The van der Waals surface area contributed by atoms with Gasteiger partial charge in [-0.25, -0.2) is 4.98 Å². The van der Waals surface area contributed by atoms with Crippen molar-refractivity contribution in [2.24, 2.45) is 11.7 Å². The number of carbonyl (C=O) groups is 1. The van der Waals surface area contributed by atoms with Crippen molar-refractivity contribution in [1.29, 1.82) is 0 Å². The number of hydrogen-bond acceptors (Lipinski definition) is 3. The molecule has 2 rings (SSSR count). The fourth-order valence-electron chi connectivity index (χ4n) is 2.13. The number of primary amides is 1. The Balaban J connectivity index is 1.94. The molecule has 0 unspecified atom stereocenters. The number of hydrogen-bond donors (Lipinski definition) is 1. The fourth-order valence-corrected chi connectivity index (χ4v) is 2.13. The van der Waals surface area contributed by atoms with Crippen LogP contribution in [-0.4, -0.2) is 20.7 Å². The maximum Gasteiger partial charge on any atom is 0.288 e.